The first-order valence-corrected chi connectivity index (χ1v) is 8.06. The minimum Gasteiger partial charge on any atom is -0.494 e. The van der Waals surface area contributed by atoms with Crippen LogP contribution in [-0.4, -0.2) is 35.5 Å². The Balaban J connectivity index is 2.15. The van der Waals surface area contributed by atoms with Crippen LogP contribution in [0.4, 0.5) is 22.7 Å². The number of rotatable bonds is 8. The standard InChI is InChI=1S/C16H15ClN4O7/c1-27-13-7-9(20(23)24)3-5-11(13)18-15(17)16(22)19-12-6-4-10(21(25)26)8-14(12)28-2/h3-8,15,18H,1-2H3,(H,19,22). The monoisotopic (exact) mass is 410 g/mol. The molecule has 0 bridgehead atoms. The number of alkyl halides is 1. The lowest BCUT2D eigenvalue weighted by Gasteiger charge is -2.16. The van der Waals surface area contributed by atoms with E-state index >= 15 is 0 Å². The van der Waals surface area contributed by atoms with Crippen molar-refractivity contribution in [1.82, 2.24) is 0 Å². The van der Waals surface area contributed by atoms with Crippen molar-refractivity contribution in [2.24, 2.45) is 0 Å². The number of nitro benzene ring substituents is 2. The maximum absolute atomic E-state index is 12.3. The van der Waals surface area contributed by atoms with Crippen molar-refractivity contribution < 1.29 is 24.1 Å². The maximum Gasteiger partial charge on any atom is 0.273 e. The summed E-state index contributed by atoms with van der Waals surface area (Å²) in [4.78, 5) is 32.8. The molecule has 0 radical (unpaired) electrons. The summed E-state index contributed by atoms with van der Waals surface area (Å²) < 4.78 is 10.1. The third-order valence-electron chi connectivity index (χ3n) is 3.56. The zero-order valence-electron chi connectivity index (χ0n) is 14.7. The average Bonchev–Trinajstić information content (AvgIpc) is 2.67. The molecule has 0 saturated carbocycles. The fourth-order valence-electron chi connectivity index (χ4n) is 2.21. The number of benzene rings is 2. The van der Waals surface area contributed by atoms with Gasteiger partial charge in [-0.15, -0.1) is 0 Å². The van der Waals surface area contributed by atoms with Crippen molar-refractivity contribution in [2.75, 3.05) is 24.9 Å². The van der Waals surface area contributed by atoms with Crippen LogP contribution in [0.3, 0.4) is 0 Å². The van der Waals surface area contributed by atoms with Crippen molar-refractivity contribution in [1.29, 1.82) is 0 Å². The first-order valence-electron chi connectivity index (χ1n) is 7.63. The van der Waals surface area contributed by atoms with E-state index in [0.29, 0.717) is 0 Å². The molecule has 2 N–H and O–H groups in total. The highest BCUT2D eigenvalue weighted by molar-refractivity contribution is 6.33. The molecule has 148 valence electrons. The molecule has 0 aliphatic heterocycles. The molecule has 2 rings (SSSR count). The Morgan fingerprint density at radius 3 is 1.89 bits per heavy atom. The second-order valence-corrected chi connectivity index (χ2v) is 5.72. The van der Waals surface area contributed by atoms with Crippen LogP contribution < -0.4 is 20.1 Å². The third-order valence-corrected chi connectivity index (χ3v) is 3.87. The van der Waals surface area contributed by atoms with Crippen LogP contribution >= 0.6 is 11.6 Å². The van der Waals surface area contributed by atoms with Crippen LogP contribution in [0.25, 0.3) is 0 Å². The molecule has 0 spiro atoms. The van der Waals surface area contributed by atoms with E-state index in [-0.39, 0.29) is 34.2 Å². The molecule has 0 aliphatic carbocycles. The van der Waals surface area contributed by atoms with Crippen molar-refractivity contribution in [2.45, 2.75) is 5.50 Å². The van der Waals surface area contributed by atoms with E-state index in [9.17, 15) is 25.0 Å². The lowest BCUT2D eigenvalue weighted by molar-refractivity contribution is -0.385. The number of ether oxygens (including phenoxy) is 2. The Kier molecular flexibility index (Phi) is 6.55. The summed E-state index contributed by atoms with van der Waals surface area (Å²) in [5.41, 5.74) is -1.23. The average molecular weight is 411 g/mol. The van der Waals surface area contributed by atoms with Crippen LogP contribution in [-0.2, 0) is 4.79 Å². The summed E-state index contributed by atoms with van der Waals surface area (Å²) in [5.74, 6) is -0.478. The van der Waals surface area contributed by atoms with Gasteiger partial charge in [0.05, 0.1) is 47.6 Å². The van der Waals surface area contributed by atoms with Gasteiger partial charge in [-0.05, 0) is 12.1 Å². The fourth-order valence-corrected chi connectivity index (χ4v) is 2.38. The van der Waals surface area contributed by atoms with Gasteiger partial charge >= 0.3 is 0 Å². The number of amides is 1. The Bertz CT molecular complexity index is 922. The Labute approximate surface area is 163 Å². The molecular weight excluding hydrogens is 396 g/mol. The van der Waals surface area contributed by atoms with Gasteiger partial charge in [0.15, 0.2) is 5.50 Å². The van der Waals surface area contributed by atoms with Gasteiger partial charge in [0.25, 0.3) is 17.3 Å². The second-order valence-electron chi connectivity index (χ2n) is 5.28. The number of methoxy groups -OCH3 is 2. The zero-order chi connectivity index (χ0) is 20.8. The predicted octanol–water partition coefficient (Wildman–Crippen LogP) is 3.14. The number of anilines is 2. The highest BCUT2D eigenvalue weighted by atomic mass is 35.5. The van der Waals surface area contributed by atoms with Gasteiger partial charge in [-0.25, -0.2) is 0 Å². The zero-order valence-corrected chi connectivity index (χ0v) is 15.4. The number of nitrogens with one attached hydrogen (secondary N) is 2. The number of carbonyl (C=O) groups excluding carboxylic acids is 1. The molecule has 1 unspecified atom stereocenters. The summed E-state index contributed by atoms with van der Waals surface area (Å²) in [6, 6.07) is 7.44. The van der Waals surface area contributed by atoms with Gasteiger partial charge in [0.1, 0.15) is 11.5 Å². The number of hydrogen-bond donors (Lipinski definition) is 2. The minimum absolute atomic E-state index is 0.0827. The highest BCUT2D eigenvalue weighted by Crippen LogP contribution is 2.31. The number of hydrogen-bond acceptors (Lipinski definition) is 8. The Morgan fingerprint density at radius 1 is 0.964 bits per heavy atom. The number of nitrogens with zero attached hydrogens (tertiary/aromatic N) is 2. The minimum atomic E-state index is -1.28. The van der Waals surface area contributed by atoms with Crippen LogP contribution in [0.2, 0.25) is 0 Å². The summed E-state index contributed by atoms with van der Waals surface area (Å²) >= 11 is 6.06. The van der Waals surface area contributed by atoms with Crippen LogP contribution in [0, 0.1) is 20.2 Å². The molecule has 2 aromatic carbocycles. The molecule has 0 aliphatic rings. The molecule has 28 heavy (non-hydrogen) atoms. The molecule has 0 aromatic heterocycles. The molecule has 0 saturated heterocycles. The molecular formula is C16H15ClN4O7. The van der Waals surface area contributed by atoms with Gasteiger partial charge in [-0.1, -0.05) is 11.6 Å². The Morgan fingerprint density at radius 2 is 1.43 bits per heavy atom. The molecule has 0 fully saturated rings. The molecule has 1 amide bonds. The normalized spacial score (nSPS) is 11.2. The van der Waals surface area contributed by atoms with E-state index in [1.54, 1.807) is 0 Å². The van der Waals surface area contributed by atoms with E-state index in [1.807, 2.05) is 0 Å². The smallest absolute Gasteiger partial charge is 0.273 e. The predicted molar refractivity (Wildman–Crippen MR) is 101 cm³/mol. The molecule has 12 heteroatoms. The quantitative estimate of drug-likeness (QED) is 0.292. The summed E-state index contributed by atoms with van der Waals surface area (Å²) in [6.07, 6.45) is 0. The number of halogens is 1. The largest absolute Gasteiger partial charge is 0.494 e. The lowest BCUT2D eigenvalue weighted by Crippen LogP contribution is -2.30. The van der Waals surface area contributed by atoms with Gasteiger partial charge in [0.2, 0.25) is 0 Å². The van der Waals surface area contributed by atoms with E-state index in [1.165, 1.54) is 44.6 Å². The summed E-state index contributed by atoms with van der Waals surface area (Å²) in [7, 11) is 2.61. The third kappa shape index (κ3) is 4.76. The van der Waals surface area contributed by atoms with Gasteiger partial charge in [0, 0.05) is 12.1 Å². The first-order chi connectivity index (χ1) is 13.3. The van der Waals surface area contributed by atoms with Crippen molar-refractivity contribution in [3.63, 3.8) is 0 Å². The lowest BCUT2D eigenvalue weighted by atomic mass is 10.2. The number of carbonyl (C=O) groups is 1. The van der Waals surface area contributed by atoms with E-state index in [2.05, 4.69) is 10.6 Å². The van der Waals surface area contributed by atoms with E-state index in [0.717, 1.165) is 6.07 Å². The van der Waals surface area contributed by atoms with Crippen molar-refractivity contribution >= 4 is 40.3 Å². The Hall–Kier alpha value is -3.60. The second kappa shape index (κ2) is 8.86. The van der Waals surface area contributed by atoms with Crippen LogP contribution in [0.1, 0.15) is 0 Å². The van der Waals surface area contributed by atoms with Crippen LogP contribution in [0.5, 0.6) is 11.5 Å². The summed E-state index contributed by atoms with van der Waals surface area (Å²) in [6.45, 7) is 0. The SMILES string of the molecule is COc1cc([N+](=O)[O-])ccc1NC(=O)C(Cl)Nc1ccc([N+](=O)[O-])cc1OC. The topological polar surface area (TPSA) is 146 Å². The van der Waals surface area contributed by atoms with Gasteiger partial charge in [-0.3, -0.25) is 25.0 Å². The molecule has 1 atom stereocenters. The fraction of sp³-hybridized carbons (Fsp3) is 0.188. The van der Waals surface area contributed by atoms with Crippen LogP contribution in [0.15, 0.2) is 36.4 Å². The maximum atomic E-state index is 12.3. The van der Waals surface area contributed by atoms with E-state index in [4.69, 9.17) is 21.1 Å². The molecule has 2 aromatic rings. The van der Waals surface area contributed by atoms with Crippen molar-refractivity contribution in [3.05, 3.63) is 56.6 Å². The van der Waals surface area contributed by atoms with E-state index < -0.39 is 21.3 Å². The van der Waals surface area contributed by atoms with Crippen molar-refractivity contribution in [3.8, 4) is 11.5 Å². The van der Waals surface area contributed by atoms with Gasteiger partial charge in [-0.2, -0.15) is 0 Å². The van der Waals surface area contributed by atoms with Gasteiger partial charge < -0.3 is 20.1 Å². The molecule has 11 nitrogen and oxygen atoms in total. The number of non-ortho nitro benzene ring substituents is 2. The summed E-state index contributed by atoms with van der Waals surface area (Å²) in [5, 5.41) is 26.8. The molecule has 0 heterocycles. The highest BCUT2D eigenvalue weighted by Gasteiger charge is 2.21. The first kappa shape index (κ1) is 20.7. The number of nitro groups is 2.